The maximum absolute atomic E-state index is 8.36. The van der Waals surface area contributed by atoms with Crippen LogP contribution in [0, 0.1) is 0 Å². The van der Waals surface area contributed by atoms with Crippen molar-refractivity contribution in [1.29, 1.82) is 0 Å². The van der Waals surface area contributed by atoms with Crippen LogP contribution in [0.1, 0.15) is 0 Å². The van der Waals surface area contributed by atoms with Gasteiger partial charge in [-0.15, -0.1) is 0 Å². The Hall–Kier alpha value is 0.386. The Kier molecular flexibility index (Phi) is 15.1. The number of carboxylic acid groups (broad SMARTS) is 1. The zero-order valence-corrected chi connectivity index (χ0v) is 4.15. The Bertz CT molecular complexity index is 98.5. The molecule has 1 aromatic rings. The van der Waals surface area contributed by atoms with E-state index in [9.17, 15) is 0 Å². The van der Waals surface area contributed by atoms with Gasteiger partial charge < -0.3 is 9.52 Å². The van der Waals surface area contributed by atoms with Gasteiger partial charge in [-0.2, -0.15) is 0 Å². The van der Waals surface area contributed by atoms with Gasteiger partial charge in [0.1, 0.15) is 0 Å². The molecule has 0 saturated carbocycles. The third-order valence-corrected chi connectivity index (χ3v) is 0.425. The summed E-state index contributed by atoms with van der Waals surface area (Å²) < 4.78 is 4.58. The van der Waals surface area contributed by atoms with Crippen LogP contribution in [0.5, 0.6) is 0 Å². The molecule has 0 aliphatic carbocycles. The summed E-state index contributed by atoms with van der Waals surface area (Å²) >= 11 is 0. The molecule has 0 saturated heterocycles. The summed E-state index contributed by atoms with van der Waals surface area (Å²) in [6.07, 6.45) is 3.25. The predicted octanol–water partition coefficient (Wildman–Crippen LogP) is 0.332. The molecule has 0 aliphatic rings. The van der Waals surface area contributed by atoms with Crippen molar-refractivity contribution in [1.82, 2.24) is 0 Å². The van der Waals surface area contributed by atoms with E-state index in [4.69, 9.17) is 9.90 Å². The van der Waals surface area contributed by atoms with Gasteiger partial charge in [-0.25, -0.2) is 0 Å². The van der Waals surface area contributed by atoms with Crippen LogP contribution in [-0.2, 0) is 4.79 Å². The van der Waals surface area contributed by atoms with E-state index in [1.807, 2.05) is 12.1 Å². The third kappa shape index (κ3) is 11.8. The topological polar surface area (TPSA) is 50.4 Å². The number of furan rings is 1. The number of carbonyl (C=O) groups is 1. The molecule has 0 radical (unpaired) electrons. The van der Waals surface area contributed by atoms with Gasteiger partial charge in [-0.3, -0.25) is 4.79 Å². The molecule has 0 amide bonds. The van der Waals surface area contributed by atoms with Crippen LogP contribution in [0.25, 0.3) is 0 Å². The SMILES string of the molecule is O=CO.[KH].c1ccoc1. The monoisotopic (exact) mass is 154 g/mol. The average molecular weight is 154 g/mol. The van der Waals surface area contributed by atoms with Crippen molar-refractivity contribution in [3.05, 3.63) is 24.7 Å². The van der Waals surface area contributed by atoms with Crippen molar-refractivity contribution in [2.45, 2.75) is 0 Å². The molecule has 0 spiro atoms. The Morgan fingerprint density at radius 2 is 1.67 bits per heavy atom. The summed E-state index contributed by atoms with van der Waals surface area (Å²) in [6, 6.07) is 3.67. The fourth-order valence-electron chi connectivity index (χ4n) is 0.227. The molecule has 0 bridgehead atoms. The molecule has 3 nitrogen and oxygen atoms in total. The molecule has 0 unspecified atom stereocenters. The summed E-state index contributed by atoms with van der Waals surface area (Å²) in [6.45, 7) is -0.250. The Morgan fingerprint density at radius 3 is 1.78 bits per heavy atom. The van der Waals surface area contributed by atoms with Crippen LogP contribution in [0.3, 0.4) is 0 Å². The van der Waals surface area contributed by atoms with Crippen molar-refractivity contribution < 1.29 is 14.3 Å². The molecule has 1 N–H and O–H groups in total. The van der Waals surface area contributed by atoms with Gasteiger partial charge >= 0.3 is 51.4 Å². The molecule has 4 heteroatoms. The fourth-order valence-corrected chi connectivity index (χ4v) is 0.227. The number of hydrogen-bond acceptors (Lipinski definition) is 2. The number of hydrogen-bond donors (Lipinski definition) is 1. The van der Waals surface area contributed by atoms with E-state index in [1.54, 1.807) is 12.5 Å². The second-order valence-electron chi connectivity index (χ2n) is 0.899. The van der Waals surface area contributed by atoms with Gasteiger partial charge in [0.2, 0.25) is 0 Å². The van der Waals surface area contributed by atoms with Crippen LogP contribution in [0.4, 0.5) is 0 Å². The third-order valence-electron chi connectivity index (χ3n) is 0.425. The molecule has 0 aliphatic heterocycles. The molecule has 0 atom stereocenters. The zero-order valence-electron chi connectivity index (χ0n) is 4.15. The van der Waals surface area contributed by atoms with Crippen molar-refractivity contribution >= 4 is 57.9 Å². The van der Waals surface area contributed by atoms with Gasteiger partial charge in [0.15, 0.2) is 0 Å². The predicted molar refractivity (Wildman–Crippen MR) is 34.5 cm³/mol. The van der Waals surface area contributed by atoms with E-state index in [0.29, 0.717) is 0 Å². The minimum absolute atomic E-state index is 0. The first-order valence-corrected chi connectivity index (χ1v) is 1.97. The normalized spacial score (nSPS) is 5.78. The summed E-state index contributed by atoms with van der Waals surface area (Å²) in [5, 5.41) is 6.89. The molecule has 46 valence electrons. The quantitative estimate of drug-likeness (QED) is 0.433. The van der Waals surface area contributed by atoms with E-state index in [-0.39, 0.29) is 57.9 Å². The smallest absolute Gasteiger partial charge is 0.0902 e. The van der Waals surface area contributed by atoms with E-state index >= 15 is 0 Å². The van der Waals surface area contributed by atoms with Gasteiger partial charge in [-0.05, 0) is 12.1 Å². The van der Waals surface area contributed by atoms with Crippen LogP contribution >= 0.6 is 0 Å². The first-order valence-electron chi connectivity index (χ1n) is 1.97. The van der Waals surface area contributed by atoms with Crippen molar-refractivity contribution in [2.24, 2.45) is 0 Å². The molecular formula is C5H7KO3. The molecule has 1 heterocycles. The Morgan fingerprint density at radius 1 is 1.33 bits per heavy atom. The fraction of sp³-hybridized carbons (Fsp3) is 0. The van der Waals surface area contributed by atoms with Gasteiger partial charge in [0.05, 0.1) is 12.5 Å². The van der Waals surface area contributed by atoms with E-state index in [2.05, 4.69) is 4.42 Å². The minimum Gasteiger partial charge on any atom is -0.473 e. The summed E-state index contributed by atoms with van der Waals surface area (Å²) in [5.41, 5.74) is 0. The molecule has 0 fully saturated rings. The maximum atomic E-state index is 8.36. The van der Waals surface area contributed by atoms with Crippen LogP contribution in [0.15, 0.2) is 29.1 Å². The molecule has 1 rings (SSSR count). The molecule has 0 aromatic carbocycles. The molecule has 9 heavy (non-hydrogen) atoms. The Labute approximate surface area is 95.5 Å². The van der Waals surface area contributed by atoms with Crippen molar-refractivity contribution in [3.8, 4) is 0 Å². The zero-order chi connectivity index (χ0) is 6.24. The molecule has 1 aromatic heterocycles. The Balaban J connectivity index is 0. The van der Waals surface area contributed by atoms with Crippen LogP contribution in [-0.4, -0.2) is 63.0 Å². The first-order chi connectivity index (χ1) is 3.91. The van der Waals surface area contributed by atoms with E-state index in [0.717, 1.165) is 0 Å². The van der Waals surface area contributed by atoms with Crippen LogP contribution < -0.4 is 0 Å². The number of rotatable bonds is 0. The minimum atomic E-state index is -0.250. The standard InChI is InChI=1S/C4H4O.CH2O2.K.H/c1-2-4-5-3-1;2-1-3;;/h1-4H;1H,(H,2,3);;. The maximum Gasteiger partial charge on any atom is 0.0902 e. The van der Waals surface area contributed by atoms with E-state index in [1.165, 1.54) is 0 Å². The summed E-state index contributed by atoms with van der Waals surface area (Å²) in [7, 11) is 0. The second-order valence-corrected chi connectivity index (χ2v) is 0.899. The van der Waals surface area contributed by atoms with E-state index < -0.39 is 0 Å². The van der Waals surface area contributed by atoms with Crippen LogP contribution in [0.2, 0.25) is 0 Å². The average Bonchev–Trinajstić information content (AvgIpc) is 2.17. The second kappa shape index (κ2) is 11.2. The first kappa shape index (κ1) is 12.1. The van der Waals surface area contributed by atoms with Crippen molar-refractivity contribution in [2.75, 3.05) is 0 Å². The van der Waals surface area contributed by atoms with Gasteiger partial charge in [0, 0.05) is 0 Å². The van der Waals surface area contributed by atoms with Gasteiger partial charge in [-0.1, -0.05) is 0 Å². The largest absolute Gasteiger partial charge is 0.473 e. The summed E-state index contributed by atoms with van der Waals surface area (Å²) in [4.78, 5) is 8.36. The van der Waals surface area contributed by atoms with Gasteiger partial charge in [0.25, 0.3) is 6.47 Å². The molecular weight excluding hydrogens is 147 g/mol. The van der Waals surface area contributed by atoms with Crippen molar-refractivity contribution in [3.63, 3.8) is 0 Å². The summed E-state index contributed by atoms with van der Waals surface area (Å²) in [5.74, 6) is 0.